The SMILES string of the molecule is Cc1ccc(CC(=O)OCc2ccccc2)cc1-c1cc(CC(=O)OCc2ccccc2)ccc1O. The van der Waals surface area contributed by atoms with E-state index in [0.717, 1.165) is 33.4 Å². The summed E-state index contributed by atoms with van der Waals surface area (Å²) in [6.07, 6.45) is 0.205. The topological polar surface area (TPSA) is 72.8 Å². The molecule has 0 bridgehead atoms. The number of hydrogen-bond acceptors (Lipinski definition) is 5. The zero-order chi connectivity index (χ0) is 25.3. The van der Waals surface area contributed by atoms with Gasteiger partial charge in [-0.05, 0) is 52.4 Å². The van der Waals surface area contributed by atoms with Gasteiger partial charge in [-0.1, -0.05) is 84.9 Å². The Hall–Kier alpha value is -4.38. The van der Waals surface area contributed by atoms with Crippen LogP contribution in [0.5, 0.6) is 5.75 Å². The van der Waals surface area contributed by atoms with E-state index in [1.165, 1.54) is 0 Å². The number of rotatable bonds is 9. The summed E-state index contributed by atoms with van der Waals surface area (Å²) in [6, 6.07) is 29.8. The summed E-state index contributed by atoms with van der Waals surface area (Å²) < 4.78 is 10.8. The van der Waals surface area contributed by atoms with Crippen LogP contribution in [0.3, 0.4) is 0 Å². The van der Waals surface area contributed by atoms with Gasteiger partial charge in [-0.15, -0.1) is 0 Å². The molecule has 0 heterocycles. The summed E-state index contributed by atoms with van der Waals surface area (Å²) in [5.74, 6) is -0.571. The fourth-order valence-electron chi connectivity index (χ4n) is 3.89. The zero-order valence-electron chi connectivity index (χ0n) is 20.1. The van der Waals surface area contributed by atoms with Crippen LogP contribution in [-0.4, -0.2) is 17.0 Å². The van der Waals surface area contributed by atoms with Crippen molar-refractivity contribution in [2.24, 2.45) is 0 Å². The molecule has 4 rings (SSSR count). The molecule has 0 saturated heterocycles. The molecule has 0 unspecified atom stereocenters. The summed E-state index contributed by atoms with van der Waals surface area (Å²) in [5.41, 5.74) is 5.69. The number of aryl methyl sites for hydroxylation is 1. The minimum Gasteiger partial charge on any atom is -0.507 e. The summed E-state index contributed by atoms with van der Waals surface area (Å²) in [4.78, 5) is 24.8. The van der Waals surface area contributed by atoms with Crippen LogP contribution in [-0.2, 0) is 45.1 Å². The monoisotopic (exact) mass is 480 g/mol. The van der Waals surface area contributed by atoms with Crippen molar-refractivity contribution in [2.75, 3.05) is 0 Å². The van der Waals surface area contributed by atoms with Gasteiger partial charge in [0, 0.05) is 5.56 Å². The number of benzene rings is 4. The Kier molecular flexibility index (Phi) is 8.14. The van der Waals surface area contributed by atoms with Gasteiger partial charge in [0.25, 0.3) is 0 Å². The van der Waals surface area contributed by atoms with Gasteiger partial charge in [0.05, 0.1) is 12.8 Å². The smallest absolute Gasteiger partial charge is 0.310 e. The number of ether oxygens (including phenoxy) is 2. The Morgan fingerprint density at radius 1 is 0.611 bits per heavy atom. The van der Waals surface area contributed by atoms with E-state index in [9.17, 15) is 14.7 Å². The molecule has 36 heavy (non-hydrogen) atoms. The summed E-state index contributed by atoms with van der Waals surface area (Å²) in [5, 5.41) is 10.6. The second-order valence-corrected chi connectivity index (χ2v) is 8.65. The highest BCUT2D eigenvalue weighted by molar-refractivity contribution is 5.79. The van der Waals surface area contributed by atoms with Crippen molar-refractivity contribution in [2.45, 2.75) is 33.0 Å². The molecule has 0 atom stereocenters. The van der Waals surface area contributed by atoms with Crippen LogP contribution in [0, 0.1) is 6.92 Å². The van der Waals surface area contributed by atoms with E-state index in [2.05, 4.69) is 0 Å². The van der Waals surface area contributed by atoms with Crippen LogP contribution in [0.1, 0.15) is 27.8 Å². The third-order valence-electron chi connectivity index (χ3n) is 5.84. The fourth-order valence-corrected chi connectivity index (χ4v) is 3.89. The zero-order valence-corrected chi connectivity index (χ0v) is 20.1. The van der Waals surface area contributed by atoms with Crippen molar-refractivity contribution in [3.05, 3.63) is 125 Å². The Bertz CT molecular complexity index is 1220. The van der Waals surface area contributed by atoms with E-state index < -0.39 is 0 Å². The number of aromatic hydroxyl groups is 1. The Balaban J connectivity index is 1.43. The Morgan fingerprint density at radius 3 is 1.61 bits per heavy atom. The van der Waals surface area contributed by atoms with Gasteiger partial charge >= 0.3 is 11.9 Å². The Labute approximate surface area is 211 Å². The van der Waals surface area contributed by atoms with E-state index in [0.29, 0.717) is 5.56 Å². The van der Waals surface area contributed by atoms with E-state index >= 15 is 0 Å². The van der Waals surface area contributed by atoms with Crippen LogP contribution in [0.25, 0.3) is 11.1 Å². The first-order valence-corrected chi connectivity index (χ1v) is 11.8. The maximum Gasteiger partial charge on any atom is 0.310 e. The number of phenols is 1. The average molecular weight is 481 g/mol. The van der Waals surface area contributed by atoms with Gasteiger partial charge in [-0.25, -0.2) is 0 Å². The third kappa shape index (κ3) is 6.83. The van der Waals surface area contributed by atoms with Crippen molar-refractivity contribution < 1.29 is 24.2 Å². The molecular weight excluding hydrogens is 452 g/mol. The molecule has 182 valence electrons. The number of esters is 2. The predicted octanol–water partition coefficient (Wildman–Crippen LogP) is 5.94. The van der Waals surface area contributed by atoms with Crippen LogP contribution in [0.4, 0.5) is 0 Å². The van der Waals surface area contributed by atoms with Crippen LogP contribution in [0.15, 0.2) is 97.1 Å². The first-order valence-electron chi connectivity index (χ1n) is 11.8. The highest BCUT2D eigenvalue weighted by Gasteiger charge is 2.14. The van der Waals surface area contributed by atoms with Crippen molar-refractivity contribution in [1.29, 1.82) is 0 Å². The fraction of sp³-hybridized carbons (Fsp3) is 0.161. The van der Waals surface area contributed by atoms with Crippen LogP contribution in [0.2, 0.25) is 0 Å². The molecule has 0 amide bonds. The van der Waals surface area contributed by atoms with E-state index in [1.54, 1.807) is 18.2 Å². The molecule has 4 aromatic carbocycles. The maximum atomic E-state index is 12.4. The van der Waals surface area contributed by atoms with Gasteiger partial charge in [-0.3, -0.25) is 9.59 Å². The van der Waals surface area contributed by atoms with Crippen LogP contribution >= 0.6 is 0 Å². The lowest BCUT2D eigenvalue weighted by Crippen LogP contribution is -2.08. The van der Waals surface area contributed by atoms with Crippen molar-refractivity contribution in [3.8, 4) is 16.9 Å². The van der Waals surface area contributed by atoms with Crippen molar-refractivity contribution in [3.63, 3.8) is 0 Å². The van der Waals surface area contributed by atoms with E-state index in [-0.39, 0.29) is 43.7 Å². The molecule has 4 aromatic rings. The molecule has 0 fully saturated rings. The molecule has 1 N–H and O–H groups in total. The summed E-state index contributed by atoms with van der Waals surface area (Å²) in [7, 11) is 0. The highest BCUT2D eigenvalue weighted by Crippen LogP contribution is 2.33. The second kappa shape index (κ2) is 11.8. The average Bonchev–Trinajstić information content (AvgIpc) is 2.90. The van der Waals surface area contributed by atoms with Gasteiger partial charge in [0.2, 0.25) is 0 Å². The Morgan fingerprint density at radius 2 is 1.08 bits per heavy atom. The molecule has 0 aromatic heterocycles. The van der Waals surface area contributed by atoms with Gasteiger partial charge < -0.3 is 14.6 Å². The summed E-state index contributed by atoms with van der Waals surface area (Å²) in [6.45, 7) is 2.38. The molecule has 5 nitrogen and oxygen atoms in total. The van der Waals surface area contributed by atoms with Gasteiger partial charge in [-0.2, -0.15) is 0 Å². The number of carbonyl (C=O) groups is 2. The lowest BCUT2D eigenvalue weighted by Gasteiger charge is -2.13. The first-order chi connectivity index (χ1) is 17.5. The predicted molar refractivity (Wildman–Crippen MR) is 138 cm³/mol. The molecule has 0 saturated carbocycles. The first kappa shape index (κ1) is 24.7. The van der Waals surface area contributed by atoms with Gasteiger partial charge in [0.1, 0.15) is 19.0 Å². The van der Waals surface area contributed by atoms with Gasteiger partial charge in [0.15, 0.2) is 0 Å². The molecule has 0 aliphatic carbocycles. The number of carbonyl (C=O) groups excluding carboxylic acids is 2. The summed E-state index contributed by atoms with van der Waals surface area (Å²) >= 11 is 0. The highest BCUT2D eigenvalue weighted by atomic mass is 16.5. The molecule has 0 spiro atoms. The largest absolute Gasteiger partial charge is 0.507 e. The minimum atomic E-state index is -0.345. The standard InChI is InChI=1S/C31H28O5/c1-22-12-13-25(18-30(33)35-20-23-8-4-2-5-9-23)16-27(22)28-17-26(14-15-29(28)32)19-31(34)36-21-24-10-6-3-7-11-24/h2-17,32H,18-21H2,1H3. The third-order valence-corrected chi connectivity index (χ3v) is 5.84. The number of phenolic OH excluding ortho intramolecular Hbond substituents is 1. The lowest BCUT2D eigenvalue weighted by molar-refractivity contribution is -0.145. The second-order valence-electron chi connectivity index (χ2n) is 8.65. The number of hydrogen-bond donors (Lipinski definition) is 1. The molecule has 0 aliphatic rings. The normalized spacial score (nSPS) is 10.6. The van der Waals surface area contributed by atoms with E-state index in [4.69, 9.17) is 9.47 Å². The molecule has 0 aliphatic heterocycles. The lowest BCUT2D eigenvalue weighted by atomic mass is 9.94. The quantitative estimate of drug-likeness (QED) is 0.300. The van der Waals surface area contributed by atoms with Crippen LogP contribution < -0.4 is 0 Å². The maximum absolute atomic E-state index is 12.4. The van der Waals surface area contributed by atoms with E-state index in [1.807, 2.05) is 85.8 Å². The molecule has 5 heteroatoms. The van der Waals surface area contributed by atoms with Crippen molar-refractivity contribution in [1.82, 2.24) is 0 Å². The minimum absolute atomic E-state index is 0.0880. The van der Waals surface area contributed by atoms with Crippen molar-refractivity contribution >= 4 is 11.9 Å². The molecule has 0 radical (unpaired) electrons. The molecular formula is C31H28O5.